The fourth-order valence-corrected chi connectivity index (χ4v) is 1.73. The van der Waals surface area contributed by atoms with Crippen LogP contribution in [0.15, 0.2) is 0 Å². The van der Waals surface area contributed by atoms with Gasteiger partial charge in [0.05, 0.1) is 13.1 Å². The van der Waals surface area contributed by atoms with Crippen LogP contribution in [0.3, 0.4) is 0 Å². The van der Waals surface area contributed by atoms with Gasteiger partial charge in [-0.2, -0.15) is 13.2 Å². The van der Waals surface area contributed by atoms with Crippen LogP contribution in [-0.2, 0) is 4.79 Å². The van der Waals surface area contributed by atoms with Gasteiger partial charge in [-0.25, -0.2) is 4.39 Å². The van der Waals surface area contributed by atoms with Crippen molar-refractivity contribution in [1.29, 1.82) is 0 Å². The van der Waals surface area contributed by atoms with E-state index in [-0.39, 0.29) is 6.54 Å². The summed E-state index contributed by atoms with van der Waals surface area (Å²) >= 11 is 0. The Morgan fingerprint density at radius 1 is 1.44 bits per heavy atom. The molecule has 0 aromatic heterocycles. The molecule has 0 aromatic rings. The molecule has 2 atom stereocenters. The maximum absolute atomic E-state index is 12.9. The Bertz CT molecular complexity index is 267. The first-order chi connectivity index (χ1) is 7.21. The highest BCUT2D eigenvalue weighted by Crippen LogP contribution is 2.33. The van der Waals surface area contributed by atoms with Gasteiger partial charge in [-0.3, -0.25) is 4.79 Å². The topological polar surface area (TPSA) is 23.6 Å². The van der Waals surface area contributed by atoms with Gasteiger partial charge in [-0.15, -0.1) is 0 Å². The highest BCUT2D eigenvalue weighted by molar-refractivity contribution is 5.79. The number of likely N-dealkylation sites (tertiary alicyclic amines) is 1. The standard InChI is InChI=1S/C9H14F4N2O/c1-14(2)5-8(16)15-4-6(10)3-7(15)9(11,12)13/h6-7H,3-5H2,1-2H3/t6-,7-/m0/s1. The number of likely N-dealkylation sites (N-methyl/N-ethyl adjacent to an activating group) is 1. The molecule has 0 aliphatic carbocycles. The molecule has 1 rings (SSSR count). The average Bonchev–Trinajstić information content (AvgIpc) is 2.45. The van der Waals surface area contributed by atoms with Crippen LogP contribution >= 0.6 is 0 Å². The number of nitrogens with zero attached hydrogens (tertiary/aromatic N) is 2. The third-order valence-electron chi connectivity index (χ3n) is 2.40. The number of alkyl halides is 4. The molecule has 94 valence electrons. The number of carbonyl (C=O) groups excluding carboxylic acids is 1. The van der Waals surface area contributed by atoms with E-state index in [9.17, 15) is 22.4 Å². The molecule has 0 unspecified atom stereocenters. The summed E-state index contributed by atoms with van der Waals surface area (Å²) in [7, 11) is 3.15. The quantitative estimate of drug-likeness (QED) is 0.676. The molecule has 0 radical (unpaired) electrons. The van der Waals surface area contributed by atoms with Crippen molar-refractivity contribution in [3.8, 4) is 0 Å². The summed E-state index contributed by atoms with van der Waals surface area (Å²) in [6.07, 6.45) is -6.79. The number of carbonyl (C=O) groups is 1. The van der Waals surface area contributed by atoms with E-state index in [2.05, 4.69) is 0 Å². The summed E-state index contributed by atoms with van der Waals surface area (Å²) in [6.45, 7) is -0.601. The van der Waals surface area contributed by atoms with Gasteiger partial charge < -0.3 is 9.80 Å². The maximum atomic E-state index is 12.9. The van der Waals surface area contributed by atoms with Gasteiger partial charge in [-0.1, -0.05) is 0 Å². The fourth-order valence-electron chi connectivity index (χ4n) is 1.73. The van der Waals surface area contributed by atoms with Crippen LogP contribution in [-0.4, -0.2) is 61.3 Å². The summed E-state index contributed by atoms with van der Waals surface area (Å²) in [6, 6.07) is -1.98. The third kappa shape index (κ3) is 3.07. The van der Waals surface area contributed by atoms with Crippen molar-refractivity contribution in [3.63, 3.8) is 0 Å². The lowest BCUT2D eigenvalue weighted by molar-refractivity contribution is -0.183. The van der Waals surface area contributed by atoms with Gasteiger partial charge in [0, 0.05) is 6.42 Å². The second kappa shape index (κ2) is 4.57. The van der Waals surface area contributed by atoms with E-state index in [1.165, 1.54) is 4.90 Å². The number of halogens is 4. The number of hydrogen-bond acceptors (Lipinski definition) is 2. The second-order valence-electron chi connectivity index (χ2n) is 4.17. The molecule has 1 heterocycles. The molecule has 0 aromatic carbocycles. The molecule has 16 heavy (non-hydrogen) atoms. The number of rotatable bonds is 2. The van der Waals surface area contributed by atoms with Gasteiger partial charge in [0.25, 0.3) is 0 Å². The third-order valence-corrected chi connectivity index (χ3v) is 2.40. The zero-order valence-electron chi connectivity index (χ0n) is 9.09. The molecule has 1 aliphatic rings. The van der Waals surface area contributed by atoms with E-state index in [1.807, 2.05) is 0 Å². The summed E-state index contributed by atoms with van der Waals surface area (Å²) in [5.74, 6) is -0.688. The van der Waals surface area contributed by atoms with Gasteiger partial charge in [-0.05, 0) is 14.1 Å². The van der Waals surface area contributed by atoms with Gasteiger partial charge in [0.1, 0.15) is 12.2 Å². The first kappa shape index (κ1) is 13.2. The summed E-state index contributed by atoms with van der Waals surface area (Å²) in [5, 5.41) is 0. The fraction of sp³-hybridized carbons (Fsp3) is 0.889. The van der Waals surface area contributed by atoms with E-state index in [0.717, 1.165) is 0 Å². The highest BCUT2D eigenvalue weighted by Gasteiger charge is 2.50. The Hall–Kier alpha value is -0.850. The van der Waals surface area contributed by atoms with Crippen LogP contribution < -0.4 is 0 Å². The molecule has 3 nitrogen and oxygen atoms in total. The minimum Gasteiger partial charge on any atom is -0.326 e. The monoisotopic (exact) mass is 242 g/mol. The van der Waals surface area contributed by atoms with Crippen molar-refractivity contribution < 1.29 is 22.4 Å². The van der Waals surface area contributed by atoms with Crippen molar-refractivity contribution in [2.45, 2.75) is 24.8 Å². The molecular formula is C9H14F4N2O. The molecule has 0 saturated carbocycles. The Labute approximate surface area is 91.0 Å². The Morgan fingerprint density at radius 2 is 2.00 bits per heavy atom. The largest absolute Gasteiger partial charge is 0.408 e. The van der Waals surface area contributed by atoms with Crippen LogP contribution in [0.4, 0.5) is 17.6 Å². The maximum Gasteiger partial charge on any atom is 0.408 e. The Kier molecular flexibility index (Phi) is 3.77. The Morgan fingerprint density at radius 3 is 2.44 bits per heavy atom. The van der Waals surface area contributed by atoms with Crippen LogP contribution in [0.5, 0.6) is 0 Å². The summed E-state index contributed by atoms with van der Waals surface area (Å²) in [4.78, 5) is 13.5. The number of amides is 1. The van der Waals surface area contributed by atoms with Gasteiger partial charge >= 0.3 is 6.18 Å². The minimum atomic E-state index is -4.55. The highest BCUT2D eigenvalue weighted by atomic mass is 19.4. The average molecular weight is 242 g/mol. The van der Waals surface area contributed by atoms with Crippen LogP contribution in [0.1, 0.15) is 6.42 Å². The van der Waals surface area contributed by atoms with E-state index >= 15 is 0 Å². The first-order valence-electron chi connectivity index (χ1n) is 4.86. The molecular weight excluding hydrogens is 228 g/mol. The van der Waals surface area contributed by atoms with Crippen LogP contribution in [0.25, 0.3) is 0 Å². The second-order valence-corrected chi connectivity index (χ2v) is 4.17. The van der Waals surface area contributed by atoms with E-state index in [0.29, 0.717) is 4.90 Å². The molecule has 7 heteroatoms. The Balaban J connectivity index is 2.73. The van der Waals surface area contributed by atoms with E-state index in [1.54, 1.807) is 14.1 Å². The minimum absolute atomic E-state index is 0.140. The summed E-state index contributed by atoms with van der Waals surface area (Å²) < 4.78 is 50.5. The SMILES string of the molecule is CN(C)CC(=O)N1C[C@@H](F)C[C@H]1C(F)(F)F. The van der Waals surface area contributed by atoms with Crippen molar-refractivity contribution >= 4 is 5.91 Å². The lowest BCUT2D eigenvalue weighted by Crippen LogP contribution is -2.47. The molecule has 1 aliphatic heterocycles. The van der Waals surface area contributed by atoms with Crippen molar-refractivity contribution in [3.05, 3.63) is 0 Å². The van der Waals surface area contributed by atoms with Crippen molar-refractivity contribution in [1.82, 2.24) is 9.80 Å². The van der Waals surface area contributed by atoms with Crippen molar-refractivity contribution in [2.75, 3.05) is 27.2 Å². The predicted octanol–water partition coefficient (Wildman–Crippen LogP) is 1.05. The van der Waals surface area contributed by atoms with Crippen LogP contribution in [0.2, 0.25) is 0 Å². The smallest absolute Gasteiger partial charge is 0.326 e. The van der Waals surface area contributed by atoms with Gasteiger partial charge in [0.15, 0.2) is 0 Å². The van der Waals surface area contributed by atoms with E-state index in [4.69, 9.17) is 0 Å². The number of hydrogen-bond donors (Lipinski definition) is 0. The van der Waals surface area contributed by atoms with Gasteiger partial charge in [0.2, 0.25) is 5.91 Å². The zero-order chi connectivity index (χ0) is 12.5. The molecule has 0 bridgehead atoms. The lowest BCUT2D eigenvalue weighted by atomic mass is 10.2. The normalized spacial score (nSPS) is 26.6. The zero-order valence-corrected chi connectivity index (χ0v) is 9.09. The van der Waals surface area contributed by atoms with E-state index < -0.39 is 37.3 Å². The predicted molar refractivity (Wildman–Crippen MR) is 49.6 cm³/mol. The summed E-state index contributed by atoms with van der Waals surface area (Å²) in [5.41, 5.74) is 0. The molecule has 1 saturated heterocycles. The van der Waals surface area contributed by atoms with Crippen LogP contribution in [0, 0.1) is 0 Å². The van der Waals surface area contributed by atoms with Crippen molar-refractivity contribution in [2.24, 2.45) is 0 Å². The molecule has 0 spiro atoms. The molecule has 0 N–H and O–H groups in total. The molecule has 1 fully saturated rings. The lowest BCUT2D eigenvalue weighted by Gasteiger charge is -2.27. The first-order valence-corrected chi connectivity index (χ1v) is 4.86. The molecule has 1 amide bonds.